The molecule has 1 aliphatic rings. The van der Waals surface area contributed by atoms with E-state index in [4.69, 9.17) is 0 Å². The van der Waals surface area contributed by atoms with Crippen molar-refractivity contribution < 1.29 is 18.3 Å². The third-order valence-electron chi connectivity index (χ3n) is 3.73. The van der Waals surface area contributed by atoms with Crippen molar-refractivity contribution in [3.8, 4) is 0 Å². The normalized spacial score (nSPS) is 21.0. The third kappa shape index (κ3) is 2.45. The van der Waals surface area contributed by atoms with Gasteiger partial charge in [-0.2, -0.15) is 9.40 Å². The lowest BCUT2D eigenvalue weighted by Crippen LogP contribution is -2.43. The summed E-state index contributed by atoms with van der Waals surface area (Å²) in [5.41, 5.74) is -0.00782. The van der Waals surface area contributed by atoms with Gasteiger partial charge in [0.15, 0.2) is 0 Å². The molecule has 2 N–H and O–H groups in total. The Morgan fingerprint density at radius 1 is 1.50 bits per heavy atom. The number of aromatic nitrogens is 2. The number of aryl methyl sites for hydroxylation is 1. The van der Waals surface area contributed by atoms with Crippen molar-refractivity contribution in [2.45, 2.75) is 50.6 Å². The summed E-state index contributed by atoms with van der Waals surface area (Å²) < 4.78 is 26.8. The van der Waals surface area contributed by atoms with Crippen LogP contribution in [-0.2, 0) is 10.0 Å². The van der Waals surface area contributed by atoms with Crippen molar-refractivity contribution in [2.24, 2.45) is 0 Å². The van der Waals surface area contributed by atoms with E-state index in [1.165, 1.54) is 11.2 Å². The Kier molecular flexibility index (Phi) is 4.14. The SMILES string of the molecule is CCC1CCCCN1S(=O)(=O)c1n[nH]c(C)c1C(=O)O. The van der Waals surface area contributed by atoms with Crippen LogP contribution in [0.4, 0.5) is 0 Å². The molecule has 8 heteroatoms. The van der Waals surface area contributed by atoms with Crippen molar-refractivity contribution in [3.05, 3.63) is 11.3 Å². The van der Waals surface area contributed by atoms with Crippen LogP contribution in [0.2, 0.25) is 0 Å². The van der Waals surface area contributed by atoms with Gasteiger partial charge in [0, 0.05) is 18.3 Å². The van der Waals surface area contributed by atoms with Crippen LogP contribution in [0.1, 0.15) is 48.7 Å². The molecule has 0 radical (unpaired) electrons. The smallest absolute Gasteiger partial charge is 0.340 e. The molecule has 112 valence electrons. The lowest BCUT2D eigenvalue weighted by molar-refractivity contribution is 0.0691. The fourth-order valence-corrected chi connectivity index (χ4v) is 4.55. The average molecular weight is 301 g/mol. The summed E-state index contributed by atoms with van der Waals surface area (Å²) in [6, 6.07) is -0.0765. The number of sulfonamides is 1. The van der Waals surface area contributed by atoms with Gasteiger partial charge < -0.3 is 5.11 Å². The van der Waals surface area contributed by atoms with E-state index in [-0.39, 0.29) is 22.3 Å². The standard InChI is InChI=1S/C12H19N3O4S/c1-3-9-6-4-5-7-15(9)20(18,19)11-10(12(16)17)8(2)13-14-11/h9H,3-7H2,1-2H3,(H,13,14)(H,16,17). The van der Waals surface area contributed by atoms with Crippen molar-refractivity contribution in [1.29, 1.82) is 0 Å². The number of H-pyrrole nitrogens is 1. The molecule has 1 aliphatic heterocycles. The van der Waals surface area contributed by atoms with E-state index in [0.29, 0.717) is 13.0 Å². The zero-order chi connectivity index (χ0) is 14.9. The Labute approximate surface area is 118 Å². The first-order valence-electron chi connectivity index (χ1n) is 6.69. The Morgan fingerprint density at radius 2 is 2.20 bits per heavy atom. The molecule has 0 spiro atoms. The number of carbonyl (C=O) groups is 1. The first kappa shape index (κ1) is 15.0. The quantitative estimate of drug-likeness (QED) is 0.874. The molecular weight excluding hydrogens is 282 g/mol. The maximum absolute atomic E-state index is 12.7. The molecule has 0 saturated carbocycles. The fourth-order valence-electron chi connectivity index (χ4n) is 2.65. The molecule has 1 atom stereocenters. The van der Waals surface area contributed by atoms with Crippen LogP contribution in [0, 0.1) is 6.92 Å². The maximum atomic E-state index is 12.7. The minimum atomic E-state index is -3.87. The van der Waals surface area contributed by atoms with Gasteiger partial charge in [0.05, 0.1) is 0 Å². The van der Waals surface area contributed by atoms with Crippen LogP contribution in [0.15, 0.2) is 5.03 Å². The summed E-state index contributed by atoms with van der Waals surface area (Å²) >= 11 is 0. The first-order chi connectivity index (χ1) is 9.39. The van der Waals surface area contributed by atoms with Gasteiger partial charge in [-0.1, -0.05) is 13.3 Å². The Morgan fingerprint density at radius 3 is 2.80 bits per heavy atom. The minimum Gasteiger partial charge on any atom is -0.478 e. The van der Waals surface area contributed by atoms with Crippen LogP contribution in [0.25, 0.3) is 0 Å². The molecule has 1 aromatic rings. The number of carboxylic acid groups (broad SMARTS) is 1. The van der Waals surface area contributed by atoms with Gasteiger partial charge in [0.1, 0.15) is 5.56 Å². The summed E-state index contributed by atoms with van der Waals surface area (Å²) in [7, 11) is -3.87. The topological polar surface area (TPSA) is 103 Å². The number of carboxylic acids is 1. The zero-order valence-electron chi connectivity index (χ0n) is 11.6. The molecule has 0 amide bonds. The summed E-state index contributed by atoms with van der Waals surface area (Å²) in [6.45, 7) is 3.86. The maximum Gasteiger partial charge on any atom is 0.340 e. The van der Waals surface area contributed by atoms with Crippen molar-refractivity contribution >= 4 is 16.0 Å². The third-order valence-corrected chi connectivity index (χ3v) is 5.61. The zero-order valence-corrected chi connectivity index (χ0v) is 12.4. The Bertz CT molecular complexity index is 608. The van der Waals surface area contributed by atoms with Crippen LogP contribution < -0.4 is 0 Å². The lowest BCUT2D eigenvalue weighted by atomic mass is 10.0. The van der Waals surface area contributed by atoms with Gasteiger partial charge in [-0.05, 0) is 26.2 Å². The molecule has 1 fully saturated rings. The van der Waals surface area contributed by atoms with Crippen LogP contribution in [-0.4, -0.2) is 46.6 Å². The van der Waals surface area contributed by atoms with Gasteiger partial charge in [-0.3, -0.25) is 5.10 Å². The van der Waals surface area contributed by atoms with E-state index in [9.17, 15) is 18.3 Å². The summed E-state index contributed by atoms with van der Waals surface area (Å²) in [5, 5.41) is 15.0. The van der Waals surface area contributed by atoms with Gasteiger partial charge in [0.25, 0.3) is 10.0 Å². The van der Waals surface area contributed by atoms with E-state index in [1.54, 1.807) is 0 Å². The highest BCUT2D eigenvalue weighted by molar-refractivity contribution is 7.89. The number of rotatable bonds is 4. The highest BCUT2D eigenvalue weighted by Gasteiger charge is 2.37. The number of aromatic carboxylic acids is 1. The molecule has 20 heavy (non-hydrogen) atoms. The second-order valence-corrected chi connectivity index (χ2v) is 6.81. The van der Waals surface area contributed by atoms with Gasteiger partial charge in [0.2, 0.25) is 5.03 Å². The average Bonchev–Trinajstić information content (AvgIpc) is 2.81. The highest BCUT2D eigenvalue weighted by Crippen LogP contribution is 2.28. The molecule has 2 rings (SSSR count). The first-order valence-corrected chi connectivity index (χ1v) is 8.13. The van der Waals surface area contributed by atoms with E-state index < -0.39 is 16.0 Å². The predicted octanol–water partition coefficient (Wildman–Crippen LogP) is 1.37. The summed E-state index contributed by atoms with van der Waals surface area (Å²) in [5.74, 6) is -1.28. The lowest BCUT2D eigenvalue weighted by Gasteiger charge is -2.33. The summed E-state index contributed by atoms with van der Waals surface area (Å²) in [4.78, 5) is 11.2. The molecule has 0 aliphatic carbocycles. The van der Waals surface area contributed by atoms with Crippen molar-refractivity contribution in [2.75, 3.05) is 6.54 Å². The Hall–Kier alpha value is -1.41. The van der Waals surface area contributed by atoms with Gasteiger partial charge in [-0.25, -0.2) is 13.2 Å². The van der Waals surface area contributed by atoms with Gasteiger partial charge >= 0.3 is 5.97 Å². The minimum absolute atomic E-state index is 0.0765. The van der Waals surface area contributed by atoms with Gasteiger partial charge in [-0.15, -0.1) is 0 Å². The molecule has 1 aromatic heterocycles. The van der Waals surface area contributed by atoms with Crippen LogP contribution >= 0.6 is 0 Å². The number of nitrogens with zero attached hydrogens (tertiary/aromatic N) is 2. The summed E-state index contributed by atoms with van der Waals surface area (Å²) in [6.07, 6.45) is 3.31. The largest absolute Gasteiger partial charge is 0.478 e. The monoisotopic (exact) mass is 301 g/mol. The fraction of sp³-hybridized carbons (Fsp3) is 0.667. The highest BCUT2D eigenvalue weighted by atomic mass is 32.2. The van der Waals surface area contributed by atoms with E-state index in [1.807, 2.05) is 6.92 Å². The van der Waals surface area contributed by atoms with E-state index in [2.05, 4.69) is 10.2 Å². The molecule has 7 nitrogen and oxygen atoms in total. The molecule has 0 aromatic carbocycles. The van der Waals surface area contributed by atoms with E-state index >= 15 is 0 Å². The van der Waals surface area contributed by atoms with Crippen LogP contribution in [0.5, 0.6) is 0 Å². The van der Waals surface area contributed by atoms with Crippen molar-refractivity contribution in [1.82, 2.24) is 14.5 Å². The van der Waals surface area contributed by atoms with Crippen molar-refractivity contribution in [3.63, 3.8) is 0 Å². The second-order valence-electron chi connectivity index (χ2n) is 5.01. The number of hydrogen-bond acceptors (Lipinski definition) is 4. The molecule has 0 bridgehead atoms. The second kappa shape index (κ2) is 5.53. The molecular formula is C12H19N3O4S. The molecule has 1 unspecified atom stereocenters. The van der Waals surface area contributed by atoms with Crippen LogP contribution in [0.3, 0.4) is 0 Å². The molecule has 1 saturated heterocycles. The Balaban J connectivity index is 2.47. The molecule has 2 heterocycles. The number of piperidine rings is 1. The number of aromatic amines is 1. The number of hydrogen-bond donors (Lipinski definition) is 2. The number of nitrogens with one attached hydrogen (secondary N) is 1. The van der Waals surface area contributed by atoms with E-state index in [0.717, 1.165) is 19.3 Å². The predicted molar refractivity (Wildman–Crippen MR) is 72.1 cm³/mol.